The Kier molecular flexibility index (Phi) is 5.90. The molecule has 1 fully saturated rings. The molecule has 30 heavy (non-hydrogen) atoms. The molecule has 0 saturated carbocycles. The monoisotopic (exact) mass is 404 g/mol. The fourth-order valence-corrected chi connectivity index (χ4v) is 3.93. The molecule has 1 aliphatic rings. The lowest BCUT2D eigenvalue weighted by molar-refractivity contribution is -0.121. The molecular weight excluding hydrogens is 376 g/mol. The van der Waals surface area contributed by atoms with Crippen molar-refractivity contribution in [3.63, 3.8) is 0 Å². The van der Waals surface area contributed by atoms with Crippen LogP contribution in [0.4, 0.5) is 5.69 Å². The van der Waals surface area contributed by atoms with Crippen LogP contribution in [-0.2, 0) is 11.3 Å². The second kappa shape index (κ2) is 8.75. The molecule has 0 spiro atoms. The average molecular weight is 405 g/mol. The summed E-state index contributed by atoms with van der Waals surface area (Å²) in [6, 6.07) is 9.91. The summed E-state index contributed by atoms with van der Waals surface area (Å²) in [5.74, 6) is 0.940. The minimum atomic E-state index is 0.0474. The third kappa shape index (κ3) is 4.74. The summed E-state index contributed by atoms with van der Waals surface area (Å²) in [4.78, 5) is 23.6. The highest BCUT2D eigenvalue weighted by molar-refractivity contribution is 5.92. The molecule has 7 nitrogen and oxygen atoms in total. The zero-order valence-corrected chi connectivity index (χ0v) is 17.8. The molecular formula is C23H28N6O. The third-order valence-corrected chi connectivity index (χ3v) is 5.59. The van der Waals surface area contributed by atoms with E-state index in [1.165, 1.54) is 0 Å². The standard InChI is InChI=1S/C23H28N6O/c1-16-12-17(2)29(27-16)22-6-4-21(5-7-22)26-23(30)20-8-10-28(11-9-20)15-19-13-24-18(3)25-14-19/h4-7,12-14,20H,8-11,15H2,1-3H3,(H,26,30). The van der Waals surface area contributed by atoms with Gasteiger partial charge >= 0.3 is 0 Å². The predicted molar refractivity (Wildman–Crippen MR) is 116 cm³/mol. The summed E-state index contributed by atoms with van der Waals surface area (Å²) in [7, 11) is 0. The van der Waals surface area contributed by atoms with E-state index in [-0.39, 0.29) is 11.8 Å². The van der Waals surface area contributed by atoms with E-state index in [2.05, 4.69) is 25.3 Å². The van der Waals surface area contributed by atoms with Crippen LogP contribution in [0.2, 0.25) is 0 Å². The van der Waals surface area contributed by atoms with Gasteiger partial charge in [-0.15, -0.1) is 0 Å². The molecule has 1 saturated heterocycles. The lowest BCUT2D eigenvalue weighted by Crippen LogP contribution is -2.37. The second-order valence-corrected chi connectivity index (χ2v) is 8.06. The Bertz CT molecular complexity index is 1000. The van der Waals surface area contributed by atoms with Crippen molar-refractivity contribution in [1.29, 1.82) is 0 Å². The second-order valence-electron chi connectivity index (χ2n) is 8.06. The van der Waals surface area contributed by atoms with Crippen LogP contribution in [0.3, 0.4) is 0 Å². The predicted octanol–water partition coefficient (Wildman–Crippen LogP) is 3.44. The number of carbonyl (C=O) groups excluding carboxylic acids is 1. The molecule has 1 aromatic carbocycles. The normalized spacial score (nSPS) is 15.3. The van der Waals surface area contributed by atoms with Gasteiger partial charge in [0.2, 0.25) is 5.91 Å². The van der Waals surface area contributed by atoms with Crippen molar-refractivity contribution in [2.45, 2.75) is 40.2 Å². The smallest absolute Gasteiger partial charge is 0.227 e. The first kappa shape index (κ1) is 20.2. The molecule has 3 aromatic rings. The van der Waals surface area contributed by atoms with Gasteiger partial charge in [-0.05, 0) is 77.0 Å². The van der Waals surface area contributed by atoms with Gasteiger partial charge in [0.15, 0.2) is 0 Å². The van der Waals surface area contributed by atoms with Gasteiger partial charge in [-0.2, -0.15) is 5.10 Å². The Hall–Kier alpha value is -3.06. The van der Waals surface area contributed by atoms with E-state index >= 15 is 0 Å². The van der Waals surface area contributed by atoms with Crippen LogP contribution in [-0.4, -0.2) is 43.6 Å². The number of anilines is 1. The fraction of sp³-hybridized carbons (Fsp3) is 0.391. The van der Waals surface area contributed by atoms with Gasteiger partial charge in [0.25, 0.3) is 0 Å². The largest absolute Gasteiger partial charge is 0.326 e. The average Bonchev–Trinajstić information content (AvgIpc) is 3.09. The molecule has 1 N–H and O–H groups in total. The Labute approximate surface area is 177 Å². The lowest BCUT2D eigenvalue weighted by atomic mass is 9.95. The van der Waals surface area contributed by atoms with Crippen molar-refractivity contribution in [2.75, 3.05) is 18.4 Å². The quantitative estimate of drug-likeness (QED) is 0.705. The van der Waals surface area contributed by atoms with Gasteiger partial charge in [0.05, 0.1) is 11.4 Å². The number of benzene rings is 1. The Morgan fingerprint density at radius 2 is 1.73 bits per heavy atom. The molecule has 1 aliphatic heterocycles. The van der Waals surface area contributed by atoms with Crippen molar-refractivity contribution in [3.8, 4) is 5.69 Å². The topological polar surface area (TPSA) is 75.9 Å². The number of nitrogens with one attached hydrogen (secondary N) is 1. The Morgan fingerprint density at radius 3 is 2.33 bits per heavy atom. The van der Waals surface area contributed by atoms with Gasteiger partial charge in [0.1, 0.15) is 5.82 Å². The van der Waals surface area contributed by atoms with Gasteiger partial charge in [-0.25, -0.2) is 14.6 Å². The van der Waals surface area contributed by atoms with E-state index in [1.807, 2.05) is 68.2 Å². The van der Waals surface area contributed by atoms with E-state index < -0.39 is 0 Å². The molecule has 156 valence electrons. The number of hydrogen-bond acceptors (Lipinski definition) is 5. The highest BCUT2D eigenvalue weighted by Gasteiger charge is 2.25. The van der Waals surface area contributed by atoms with Crippen molar-refractivity contribution >= 4 is 11.6 Å². The van der Waals surface area contributed by atoms with Crippen molar-refractivity contribution < 1.29 is 4.79 Å². The maximum atomic E-state index is 12.7. The number of rotatable bonds is 5. The molecule has 3 heterocycles. The number of carbonyl (C=O) groups is 1. The van der Waals surface area contributed by atoms with E-state index in [0.29, 0.717) is 0 Å². The van der Waals surface area contributed by atoms with Crippen molar-refractivity contribution in [3.05, 3.63) is 65.5 Å². The van der Waals surface area contributed by atoms with Crippen molar-refractivity contribution in [1.82, 2.24) is 24.6 Å². The van der Waals surface area contributed by atoms with Crippen LogP contribution >= 0.6 is 0 Å². The van der Waals surface area contributed by atoms with E-state index in [9.17, 15) is 4.79 Å². The van der Waals surface area contributed by atoms with Gasteiger partial charge in [-0.3, -0.25) is 9.69 Å². The fourth-order valence-electron chi connectivity index (χ4n) is 3.93. The molecule has 4 rings (SSSR count). The van der Waals surface area contributed by atoms with Crippen LogP contribution in [0.5, 0.6) is 0 Å². The first-order valence-electron chi connectivity index (χ1n) is 10.4. The van der Waals surface area contributed by atoms with Crippen LogP contribution in [0, 0.1) is 26.7 Å². The summed E-state index contributed by atoms with van der Waals surface area (Å²) < 4.78 is 1.91. The maximum absolute atomic E-state index is 12.7. The number of aromatic nitrogens is 4. The Morgan fingerprint density at radius 1 is 1.07 bits per heavy atom. The lowest BCUT2D eigenvalue weighted by Gasteiger charge is -2.31. The van der Waals surface area contributed by atoms with Crippen molar-refractivity contribution in [2.24, 2.45) is 5.92 Å². The third-order valence-electron chi connectivity index (χ3n) is 5.59. The molecule has 0 aliphatic carbocycles. The summed E-state index contributed by atoms with van der Waals surface area (Å²) in [5, 5.41) is 7.58. The molecule has 0 unspecified atom stereocenters. The Balaban J connectivity index is 1.29. The first-order valence-corrected chi connectivity index (χ1v) is 10.4. The molecule has 7 heteroatoms. The number of hydrogen-bond donors (Lipinski definition) is 1. The molecule has 0 atom stereocenters. The summed E-state index contributed by atoms with van der Waals surface area (Å²) in [6.07, 6.45) is 5.50. The minimum Gasteiger partial charge on any atom is -0.326 e. The van der Waals surface area contributed by atoms with Gasteiger partial charge in [0, 0.05) is 41.8 Å². The molecule has 0 radical (unpaired) electrons. The number of piperidine rings is 1. The van der Waals surface area contributed by atoms with E-state index in [4.69, 9.17) is 0 Å². The van der Waals surface area contributed by atoms with E-state index in [0.717, 1.165) is 66.6 Å². The van der Waals surface area contributed by atoms with E-state index in [1.54, 1.807) is 0 Å². The molecule has 1 amide bonds. The zero-order valence-electron chi connectivity index (χ0n) is 17.8. The summed E-state index contributed by atoms with van der Waals surface area (Å²) >= 11 is 0. The van der Waals surface area contributed by atoms with Crippen LogP contribution < -0.4 is 5.32 Å². The first-order chi connectivity index (χ1) is 14.5. The number of nitrogens with zero attached hydrogens (tertiary/aromatic N) is 5. The summed E-state index contributed by atoms with van der Waals surface area (Å²) in [5.41, 5.74) is 5.02. The molecule has 0 bridgehead atoms. The minimum absolute atomic E-state index is 0.0474. The number of likely N-dealkylation sites (tertiary alicyclic amines) is 1. The zero-order chi connectivity index (χ0) is 21.1. The van der Waals surface area contributed by atoms with Crippen LogP contribution in [0.1, 0.15) is 35.6 Å². The van der Waals surface area contributed by atoms with Crippen LogP contribution in [0.15, 0.2) is 42.7 Å². The van der Waals surface area contributed by atoms with Gasteiger partial charge < -0.3 is 5.32 Å². The number of amides is 1. The highest BCUT2D eigenvalue weighted by atomic mass is 16.1. The SMILES string of the molecule is Cc1cc(C)n(-c2ccc(NC(=O)C3CCN(Cc4cnc(C)nc4)CC3)cc2)n1. The summed E-state index contributed by atoms with van der Waals surface area (Å²) in [6.45, 7) is 8.56. The van der Waals surface area contributed by atoms with Gasteiger partial charge in [-0.1, -0.05) is 0 Å². The number of aryl methyl sites for hydroxylation is 3. The highest BCUT2D eigenvalue weighted by Crippen LogP contribution is 2.22. The molecule has 2 aromatic heterocycles. The maximum Gasteiger partial charge on any atom is 0.227 e. The van der Waals surface area contributed by atoms with Crippen LogP contribution in [0.25, 0.3) is 5.69 Å².